The topological polar surface area (TPSA) is 56.3 Å². The molecule has 5 heteroatoms. The zero-order valence-electron chi connectivity index (χ0n) is 8.94. The van der Waals surface area contributed by atoms with Crippen molar-refractivity contribution in [2.75, 3.05) is 7.11 Å². The van der Waals surface area contributed by atoms with Crippen LogP contribution in [0.25, 0.3) is 0 Å². The van der Waals surface area contributed by atoms with E-state index >= 15 is 0 Å². The molecule has 0 aliphatic rings. The van der Waals surface area contributed by atoms with Crippen LogP contribution in [0, 0.1) is 0 Å². The summed E-state index contributed by atoms with van der Waals surface area (Å²) >= 11 is 1.33. The molecule has 82 valence electrons. The molecule has 15 heavy (non-hydrogen) atoms. The summed E-state index contributed by atoms with van der Waals surface area (Å²) in [6, 6.07) is 0. The quantitative estimate of drug-likeness (QED) is 0.448. The Labute approximate surface area is 92.3 Å². The van der Waals surface area contributed by atoms with Crippen LogP contribution in [0.15, 0.2) is 6.20 Å². The fourth-order valence-electron chi connectivity index (χ4n) is 0.974. The van der Waals surface area contributed by atoms with E-state index in [9.17, 15) is 9.59 Å². The molecule has 0 radical (unpaired) electrons. The molecule has 0 aromatic carbocycles. The third-order valence-corrected chi connectivity index (χ3v) is 3.16. The second kappa shape index (κ2) is 5.02. The van der Waals surface area contributed by atoms with E-state index in [2.05, 4.69) is 9.72 Å². The molecule has 1 aromatic heterocycles. The minimum Gasteiger partial charge on any atom is -0.469 e. The molecule has 0 saturated carbocycles. The minimum absolute atomic E-state index is 0.212. The number of thiazole rings is 1. The number of methoxy groups -OCH3 is 1. The van der Waals surface area contributed by atoms with E-state index in [0.29, 0.717) is 10.8 Å². The minimum atomic E-state index is -0.514. The van der Waals surface area contributed by atoms with Crippen LogP contribution in [0.4, 0.5) is 0 Å². The van der Waals surface area contributed by atoms with Crippen LogP contribution in [0.3, 0.4) is 0 Å². The Balaban J connectivity index is 2.70. The van der Waals surface area contributed by atoms with Gasteiger partial charge in [-0.15, -0.1) is 11.3 Å². The van der Waals surface area contributed by atoms with E-state index in [1.807, 2.05) is 13.8 Å². The fourth-order valence-corrected chi connectivity index (χ4v) is 1.83. The van der Waals surface area contributed by atoms with Gasteiger partial charge < -0.3 is 4.74 Å². The van der Waals surface area contributed by atoms with Crippen molar-refractivity contribution >= 4 is 23.1 Å². The van der Waals surface area contributed by atoms with Gasteiger partial charge in [0.1, 0.15) is 6.42 Å². The van der Waals surface area contributed by atoms with Crippen LogP contribution in [-0.4, -0.2) is 23.8 Å². The molecule has 0 aliphatic carbocycles. The molecule has 0 spiro atoms. The van der Waals surface area contributed by atoms with E-state index in [-0.39, 0.29) is 12.2 Å². The second-order valence-electron chi connectivity index (χ2n) is 3.39. The Morgan fingerprint density at radius 3 is 2.67 bits per heavy atom. The highest BCUT2D eigenvalue weighted by atomic mass is 32.1. The lowest BCUT2D eigenvalue weighted by atomic mass is 10.2. The van der Waals surface area contributed by atoms with Crippen molar-refractivity contribution in [3.05, 3.63) is 16.1 Å². The number of aromatic nitrogens is 1. The lowest BCUT2D eigenvalue weighted by molar-refractivity contribution is -0.139. The number of rotatable bonds is 4. The monoisotopic (exact) mass is 227 g/mol. The standard InChI is InChI=1S/C10H13NO3S/c1-6(2)10-11-5-8(15-10)7(12)4-9(13)14-3/h5-6H,4H2,1-3H3. The SMILES string of the molecule is COC(=O)CC(=O)c1cnc(C(C)C)s1. The highest BCUT2D eigenvalue weighted by Crippen LogP contribution is 2.22. The van der Waals surface area contributed by atoms with E-state index in [1.165, 1.54) is 24.6 Å². The number of ether oxygens (including phenoxy) is 1. The molecule has 4 nitrogen and oxygen atoms in total. The Morgan fingerprint density at radius 1 is 1.53 bits per heavy atom. The summed E-state index contributed by atoms with van der Waals surface area (Å²) < 4.78 is 4.42. The smallest absolute Gasteiger partial charge is 0.313 e. The fraction of sp³-hybridized carbons (Fsp3) is 0.500. The van der Waals surface area contributed by atoms with Crippen molar-refractivity contribution in [1.82, 2.24) is 4.98 Å². The lowest BCUT2D eigenvalue weighted by Crippen LogP contribution is -2.08. The number of carbonyl (C=O) groups excluding carboxylic acids is 2. The average molecular weight is 227 g/mol. The zero-order valence-corrected chi connectivity index (χ0v) is 9.76. The molecule has 0 N–H and O–H groups in total. The van der Waals surface area contributed by atoms with Crippen LogP contribution < -0.4 is 0 Å². The van der Waals surface area contributed by atoms with Gasteiger partial charge in [0, 0.05) is 12.1 Å². The summed E-state index contributed by atoms with van der Waals surface area (Å²) in [4.78, 5) is 27.0. The number of ketones is 1. The van der Waals surface area contributed by atoms with Gasteiger partial charge in [0.05, 0.1) is 17.0 Å². The van der Waals surface area contributed by atoms with Gasteiger partial charge >= 0.3 is 5.97 Å². The lowest BCUT2D eigenvalue weighted by Gasteiger charge is -1.96. The summed E-state index contributed by atoms with van der Waals surface area (Å²) in [5, 5.41) is 0.906. The molecule has 0 atom stereocenters. The highest BCUT2D eigenvalue weighted by Gasteiger charge is 2.15. The van der Waals surface area contributed by atoms with Gasteiger partial charge in [0.2, 0.25) is 0 Å². The normalized spacial score (nSPS) is 10.4. The molecule has 0 saturated heterocycles. The van der Waals surface area contributed by atoms with E-state index < -0.39 is 5.97 Å². The molecular formula is C10H13NO3S. The molecule has 1 rings (SSSR count). The molecule has 0 bridgehead atoms. The Kier molecular flexibility index (Phi) is 3.96. The van der Waals surface area contributed by atoms with Gasteiger partial charge in [-0.3, -0.25) is 9.59 Å². The predicted molar refractivity (Wildman–Crippen MR) is 57.2 cm³/mol. The number of nitrogens with zero attached hydrogens (tertiary/aromatic N) is 1. The summed E-state index contributed by atoms with van der Waals surface area (Å²) in [7, 11) is 1.27. The molecule has 1 aromatic rings. The maximum Gasteiger partial charge on any atom is 0.313 e. The molecule has 0 amide bonds. The van der Waals surface area contributed by atoms with E-state index in [1.54, 1.807) is 0 Å². The summed E-state index contributed by atoms with van der Waals surface area (Å²) in [6.45, 7) is 4.01. The van der Waals surface area contributed by atoms with Gasteiger partial charge in [-0.25, -0.2) is 4.98 Å². The molecule has 1 heterocycles. The van der Waals surface area contributed by atoms with E-state index in [0.717, 1.165) is 5.01 Å². The molecular weight excluding hydrogens is 214 g/mol. The largest absolute Gasteiger partial charge is 0.469 e. The first-order chi connectivity index (χ1) is 7.04. The third-order valence-electron chi connectivity index (χ3n) is 1.82. The molecule has 0 unspecified atom stereocenters. The van der Waals surface area contributed by atoms with Gasteiger partial charge in [-0.1, -0.05) is 13.8 Å². The number of esters is 1. The second-order valence-corrected chi connectivity index (χ2v) is 4.46. The summed E-state index contributed by atoms with van der Waals surface area (Å²) in [5.41, 5.74) is 0. The van der Waals surface area contributed by atoms with Gasteiger partial charge in [0.15, 0.2) is 5.78 Å². The first-order valence-electron chi connectivity index (χ1n) is 4.60. The van der Waals surface area contributed by atoms with Gasteiger partial charge in [-0.2, -0.15) is 0 Å². The maximum absolute atomic E-state index is 11.5. The summed E-state index contributed by atoms with van der Waals surface area (Å²) in [6.07, 6.45) is 1.31. The first-order valence-corrected chi connectivity index (χ1v) is 5.42. The van der Waals surface area contributed by atoms with Gasteiger partial charge in [0.25, 0.3) is 0 Å². The maximum atomic E-state index is 11.5. The van der Waals surface area contributed by atoms with Crippen molar-refractivity contribution in [3.63, 3.8) is 0 Å². The molecule has 0 aliphatic heterocycles. The van der Waals surface area contributed by atoms with Crippen molar-refractivity contribution in [1.29, 1.82) is 0 Å². The zero-order chi connectivity index (χ0) is 11.4. The van der Waals surface area contributed by atoms with Crippen LogP contribution in [-0.2, 0) is 9.53 Å². The highest BCUT2D eigenvalue weighted by molar-refractivity contribution is 7.13. The Hall–Kier alpha value is -1.23. The summed E-state index contributed by atoms with van der Waals surface area (Å²) in [5.74, 6) is -0.444. The van der Waals surface area contributed by atoms with Crippen molar-refractivity contribution in [2.45, 2.75) is 26.2 Å². The average Bonchev–Trinajstić information content (AvgIpc) is 2.66. The van der Waals surface area contributed by atoms with Crippen LogP contribution >= 0.6 is 11.3 Å². The number of hydrogen-bond donors (Lipinski definition) is 0. The Bertz CT molecular complexity index is 370. The third kappa shape index (κ3) is 3.13. The van der Waals surface area contributed by atoms with Crippen LogP contribution in [0.5, 0.6) is 0 Å². The van der Waals surface area contributed by atoms with Crippen molar-refractivity contribution in [3.8, 4) is 0 Å². The number of hydrogen-bond acceptors (Lipinski definition) is 5. The first kappa shape index (κ1) is 11.8. The predicted octanol–water partition coefficient (Wildman–Crippen LogP) is 2.01. The van der Waals surface area contributed by atoms with Crippen molar-refractivity contribution in [2.24, 2.45) is 0 Å². The van der Waals surface area contributed by atoms with Crippen molar-refractivity contribution < 1.29 is 14.3 Å². The Morgan fingerprint density at radius 2 is 2.20 bits per heavy atom. The molecule has 0 fully saturated rings. The van der Waals surface area contributed by atoms with Crippen LogP contribution in [0.1, 0.15) is 40.9 Å². The van der Waals surface area contributed by atoms with E-state index in [4.69, 9.17) is 0 Å². The number of carbonyl (C=O) groups is 2. The van der Waals surface area contributed by atoms with Gasteiger partial charge in [-0.05, 0) is 0 Å². The van der Waals surface area contributed by atoms with Crippen LogP contribution in [0.2, 0.25) is 0 Å². The number of Topliss-reactive ketones (excluding diaryl/α,β-unsaturated/α-hetero) is 1.